The van der Waals surface area contributed by atoms with E-state index in [4.69, 9.17) is 18.0 Å². The summed E-state index contributed by atoms with van der Waals surface area (Å²) in [6, 6.07) is 24.9. The van der Waals surface area contributed by atoms with E-state index in [-0.39, 0.29) is 0 Å². The van der Waals surface area contributed by atoms with Crippen LogP contribution in [0.4, 0.5) is 17.3 Å². The highest BCUT2D eigenvalue weighted by Crippen LogP contribution is 2.34. The maximum absolute atomic E-state index is 5.88. The number of nitrogens with zero attached hydrogens (tertiary/aromatic N) is 5. The van der Waals surface area contributed by atoms with Gasteiger partial charge in [-0.25, -0.2) is 9.97 Å². The fourth-order valence-corrected chi connectivity index (χ4v) is 3.78. The van der Waals surface area contributed by atoms with Crippen molar-refractivity contribution in [3.05, 3.63) is 97.5 Å². The molecule has 8 nitrogen and oxygen atoms in total. The normalized spacial score (nSPS) is 10.5. The molecule has 0 amide bonds. The van der Waals surface area contributed by atoms with Gasteiger partial charge in [0.15, 0.2) is 16.8 Å². The van der Waals surface area contributed by atoms with E-state index in [1.165, 1.54) is 0 Å². The van der Waals surface area contributed by atoms with Gasteiger partial charge in [-0.1, -0.05) is 48.5 Å². The van der Waals surface area contributed by atoms with Crippen LogP contribution >= 0.6 is 12.2 Å². The molecular weight excluding hydrogens is 456 g/mol. The minimum absolute atomic E-state index is 0.379. The van der Waals surface area contributed by atoms with Gasteiger partial charge >= 0.3 is 0 Å². The maximum atomic E-state index is 5.88. The Kier molecular flexibility index (Phi) is 6.31. The zero-order chi connectivity index (χ0) is 24.0. The van der Waals surface area contributed by atoms with Crippen LogP contribution in [0.1, 0.15) is 0 Å². The molecule has 0 unspecified atom stereocenters. The van der Waals surface area contributed by atoms with Crippen molar-refractivity contribution in [1.29, 1.82) is 0 Å². The number of para-hydroxylation sites is 1. The molecule has 0 aliphatic rings. The number of anilines is 3. The standard InChI is InChI=1S/C26H20N8S/c27-23-13-15-29-25(31-23)19-12-14-28-16-20(19)18-8-4-5-9-22(18)30-26(35)32-24-11-10-21(33-34-24)17-6-2-1-3-7-17/h1-16H,(H2,27,29,31)(H2,30,32,34,35). The van der Waals surface area contributed by atoms with Gasteiger partial charge < -0.3 is 16.4 Å². The van der Waals surface area contributed by atoms with Crippen molar-refractivity contribution >= 4 is 34.7 Å². The number of rotatable bonds is 5. The molecule has 4 N–H and O–H groups in total. The first-order valence-corrected chi connectivity index (χ1v) is 11.2. The van der Waals surface area contributed by atoms with Crippen LogP contribution < -0.4 is 16.4 Å². The number of thiocarbonyl (C=S) groups is 1. The van der Waals surface area contributed by atoms with Gasteiger partial charge in [-0.3, -0.25) is 4.98 Å². The average molecular weight is 477 g/mol. The maximum Gasteiger partial charge on any atom is 0.176 e. The Labute approximate surface area is 207 Å². The van der Waals surface area contributed by atoms with Crippen LogP contribution in [0.15, 0.2) is 97.5 Å². The fraction of sp³-hybridized carbons (Fsp3) is 0. The second kappa shape index (κ2) is 10.0. The quantitative estimate of drug-likeness (QED) is 0.300. The van der Waals surface area contributed by atoms with E-state index in [9.17, 15) is 0 Å². The molecule has 2 aromatic carbocycles. The molecule has 0 aliphatic heterocycles. The third-order valence-electron chi connectivity index (χ3n) is 5.18. The van der Waals surface area contributed by atoms with Crippen LogP contribution in [0.25, 0.3) is 33.8 Å². The zero-order valence-electron chi connectivity index (χ0n) is 18.5. The number of nitrogens with two attached hydrogens (primary N) is 1. The number of benzene rings is 2. The summed E-state index contributed by atoms with van der Waals surface area (Å²) in [7, 11) is 0. The molecule has 9 heteroatoms. The molecule has 0 atom stereocenters. The van der Waals surface area contributed by atoms with E-state index in [2.05, 4.69) is 35.8 Å². The lowest BCUT2D eigenvalue weighted by atomic mass is 10.00. The number of hydrogen-bond acceptors (Lipinski definition) is 7. The lowest BCUT2D eigenvalue weighted by Gasteiger charge is -2.15. The highest BCUT2D eigenvalue weighted by molar-refractivity contribution is 7.80. The number of pyridine rings is 1. The van der Waals surface area contributed by atoms with Gasteiger partial charge in [-0.15, -0.1) is 10.2 Å². The summed E-state index contributed by atoms with van der Waals surface area (Å²) in [6.07, 6.45) is 5.10. The summed E-state index contributed by atoms with van der Waals surface area (Å²) in [5.41, 5.74) is 11.0. The molecule has 3 aromatic heterocycles. The van der Waals surface area contributed by atoms with Crippen molar-refractivity contribution in [1.82, 2.24) is 25.1 Å². The Balaban J connectivity index is 1.38. The molecule has 5 rings (SSSR count). The Morgan fingerprint density at radius 3 is 2.37 bits per heavy atom. The number of aromatic nitrogens is 5. The summed E-state index contributed by atoms with van der Waals surface area (Å²) in [5.74, 6) is 1.45. The third-order valence-corrected chi connectivity index (χ3v) is 5.38. The molecule has 0 saturated heterocycles. The molecule has 0 radical (unpaired) electrons. The van der Waals surface area contributed by atoms with Gasteiger partial charge in [0.25, 0.3) is 0 Å². The third kappa shape index (κ3) is 5.10. The largest absolute Gasteiger partial charge is 0.384 e. The van der Waals surface area contributed by atoms with Crippen molar-refractivity contribution in [2.24, 2.45) is 0 Å². The molecule has 0 bridgehead atoms. The Morgan fingerprint density at radius 2 is 1.57 bits per heavy atom. The van der Waals surface area contributed by atoms with Gasteiger partial charge in [0, 0.05) is 46.5 Å². The van der Waals surface area contributed by atoms with Gasteiger partial charge in [0.2, 0.25) is 0 Å². The lowest BCUT2D eigenvalue weighted by molar-refractivity contribution is 1.05. The van der Waals surface area contributed by atoms with Crippen LogP contribution in [-0.2, 0) is 0 Å². The van der Waals surface area contributed by atoms with Crippen LogP contribution in [0, 0.1) is 0 Å². The first-order valence-electron chi connectivity index (χ1n) is 10.8. The monoisotopic (exact) mass is 476 g/mol. The Morgan fingerprint density at radius 1 is 0.743 bits per heavy atom. The van der Waals surface area contributed by atoms with Crippen LogP contribution in [-0.4, -0.2) is 30.3 Å². The summed E-state index contributed by atoms with van der Waals surface area (Å²) in [5, 5.41) is 15.3. The van der Waals surface area contributed by atoms with Crippen molar-refractivity contribution in [2.75, 3.05) is 16.4 Å². The number of hydrogen-bond donors (Lipinski definition) is 3. The van der Waals surface area contributed by atoms with Crippen molar-refractivity contribution in [3.8, 4) is 33.8 Å². The van der Waals surface area contributed by atoms with E-state index in [1.54, 1.807) is 24.7 Å². The topological polar surface area (TPSA) is 115 Å². The lowest BCUT2D eigenvalue weighted by Crippen LogP contribution is -2.20. The van der Waals surface area contributed by atoms with E-state index >= 15 is 0 Å². The smallest absolute Gasteiger partial charge is 0.176 e. The van der Waals surface area contributed by atoms with Crippen LogP contribution in [0.2, 0.25) is 0 Å². The minimum atomic E-state index is 0.379. The minimum Gasteiger partial charge on any atom is -0.384 e. The van der Waals surface area contributed by atoms with Gasteiger partial charge in [-0.2, -0.15) is 0 Å². The average Bonchev–Trinajstić information content (AvgIpc) is 2.90. The van der Waals surface area contributed by atoms with Crippen molar-refractivity contribution in [3.63, 3.8) is 0 Å². The van der Waals surface area contributed by atoms with Gasteiger partial charge in [-0.05, 0) is 42.5 Å². The first kappa shape index (κ1) is 22.1. The van der Waals surface area contributed by atoms with Crippen LogP contribution in [0.5, 0.6) is 0 Å². The molecule has 0 fully saturated rings. The fourth-order valence-electron chi connectivity index (χ4n) is 3.57. The molecule has 0 aliphatic carbocycles. The summed E-state index contributed by atoms with van der Waals surface area (Å²) >= 11 is 5.55. The van der Waals surface area contributed by atoms with Gasteiger partial charge in [0.05, 0.1) is 5.69 Å². The highest BCUT2D eigenvalue weighted by Gasteiger charge is 2.14. The molecule has 0 saturated carbocycles. The number of nitrogen functional groups attached to an aromatic ring is 1. The van der Waals surface area contributed by atoms with E-state index in [0.717, 1.165) is 33.6 Å². The Bertz CT molecular complexity index is 1470. The molecule has 3 heterocycles. The highest BCUT2D eigenvalue weighted by atomic mass is 32.1. The molecular formula is C26H20N8S. The van der Waals surface area contributed by atoms with Crippen molar-refractivity contribution in [2.45, 2.75) is 0 Å². The van der Waals surface area contributed by atoms with Gasteiger partial charge in [0.1, 0.15) is 5.82 Å². The van der Waals surface area contributed by atoms with E-state index in [1.807, 2.05) is 72.8 Å². The van der Waals surface area contributed by atoms with E-state index < -0.39 is 0 Å². The molecule has 0 spiro atoms. The van der Waals surface area contributed by atoms with Crippen molar-refractivity contribution < 1.29 is 0 Å². The zero-order valence-corrected chi connectivity index (χ0v) is 19.3. The molecule has 35 heavy (non-hydrogen) atoms. The second-order valence-corrected chi connectivity index (χ2v) is 7.93. The predicted molar refractivity (Wildman–Crippen MR) is 142 cm³/mol. The SMILES string of the molecule is Nc1ccnc(-c2ccncc2-c2ccccc2NC(=S)Nc2ccc(-c3ccccc3)nn2)n1. The van der Waals surface area contributed by atoms with Crippen LogP contribution in [0.3, 0.4) is 0 Å². The van der Waals surface area contributed by atoms with E-state index in [0.29, 0.717) is 22.6 Å². The summed E-state index contributed by atoms with van der Waals surface area (Å²) < 4.78 is 0. The first-order chi connectivity index (χ1) is 17.2. The summed E-state index contributed by atoms with van der Waals surface area (Å²) in [6.45, 7) is 0. The predicted octanol–water partition coefficient (Wildman–Crippen LogP) is 5.05. The number of nitrogens with one attached hydrogen (secondary N) is 2. The molecule has 170 valence electrons. The second-order valence-electron chi connectivity index (χ2n) is 7.52. The Hall–Kier alpha value is -4.76. The summed E-state index contributed by atoms with van der Waals surface area (Å²) in [4.78, 5) is 13.1. The molecule has 5 aromatic rings.